The summed E-state index contributed by atoms with van der Waals surface area (Å²) in [6.07, 6.45) is 4.91. The number of carbonyl (C=O) groups excluding carboxylic acids is 2. The van der Waals surface area contributed by atoms with E-state index in [2.05, 4.69) is 42.0 Å². The molecule has 1 aliphatic rings. The summed E-state index contributed by atoms with van der Waals surface area (Å²) in [6, 6.07) is 14.6. The largest absolute Gasteiger partial charge is 0.394 e. The van der Waals surface area contributed by atoms with Crippen molar-refractivity contribution < 1.29 is 14.7 Å². The highest BCUT2D eigenvalue weighted by Gasteiger charge is 2.32. The molecule has 3 amide bonds. The smallest absolute Gasteiger partial charge is 0.319 e. The first kappa shape index (κ1) is 32.8. The van der Waals surface area contributed by atoms with E-state index in [0.29, 0.717) is 29.9 Å². The number of aromatic nitrogens is 2. The van der Waals surface area contributed by atoms with Gasteiger partial charge in [0.05, 0.1) is 29.6 Å². The maximum Gasteiger partial charge on any atom is 0.319 e. The van der Waals surface area contributed by atoms with Gasteiger partial charge in [0.25, 0.3) is 5.91 Å². The molecule has 0 saturated carbocycles. The number of aryl methyl sites for hydroxylation is 1. The van der Waals surface area contributed by atoms with Crippen molar-refractivity contribution in [3.63, 3.8) is 0 Å². The molecule has 2 aromatic carbocycles. The predicted molar refractivity (Wildman–Crippen MR) is 177 cm³/mol. The summed E-state index contributed by atoms with van der Waals surface area (Å²) in [6.45, 7) is 16.6. The highest BCUT2D eigenvalue weighted by atomic mass is 16.3. The number of hydrogen-bond acceptors (Lipinski definition) is 5. The van der Waals surface area contributed by atoms with Crippen molar-refractivity contribution in [1.82, 2.24) is 24.9 Å². The lowest BCUT2D eigenvalue weighted by atomic mass is 9.93. The van der Waals surface area contributed by atoms with E-state index in [1.807, 2.05) is 51.1 Å². The van der Waals surface area contributed by atoms with Gasteiger partial charge in [-0.3, -0.25) is 4.79 Å². The van der Waals surface area contributed by atoms with E-state index in [4.69, 9.17) is 5.10 Å². The van der Waals surface area contributed by atoms with Crippen LogP contribution >= 0.6 is 0 Å². The van der Waals surface area contributed by atoms with Crippen LogP contribution in [-0.2, 0) is 13.0 Å². The highest BCUT2D eigenvalue weighted by molar-refractivity contribution is 6.00. The molecule has 0 bridgehead atoms. The van der Waals surface area contributed by atoms with E-state index >= 15 is 0 Å². The molecule has 4 rings (SSSR count). The molecule has 0 fully saturated rings. The molecule has 236 valence electrons. The molecular weight excluding hydrogens is 552 g/mol. The molecule has 44 heavy (non-hydrogen) atoms. The molecule has 0 radical (unpaired) electrons. The van der Waals surface area contributed by atoms with E-state index in [0.717, 1.165) is 67.0 Å². The minimum absolute atomic E-state index is 0.0402. The van der Waals surface area contributed by atoms with Gasteiger partial charge in [-0.1, -0.05) is 57.5 Å². The van der Waals surface area contributed by atoms with Gasteiger partial charge in [0.15, 0.2) is 0 Å². The molecule has 9 nitrogen and oxygen atoms in total. The average Bonchev–Trinajstić information content (AvgIpc) is 3.40. The summed E-state index contributed by atoms with van der Waals surface area (Å²) in [5.41, 5.74) is 6.19. The normalized spacial score (nSPS) is 14.3. The SMILES string of the molecule is C=C(c1cc(C)n(-c2ccc(NC(=O)NC(C)C)cc2C(=O)N2Cc3ccccc3CC2CO)n1)N(CCCC)CCCC. The Kier molecular flexibility index (Phi) is 11.2. The maximum absolute atomic E-state index is 14.4. The lowest BCUT2D eigenvalue weighted by Crippen LogP contribution is -2.46. The third kappa shape index (κ3) is 7.69. The molecule has 3 aromatic rings. The Morgan fingerprint density at radius 1 is 1.07 bits per heavy atom. The lowest BCUT2D eigenvalue weighted by Gasteiger charge is -2.36. The number of anilines is 1. The fourth-order valence-corrected chi connectivity index (χ4v) is 5.64. The summed E-state index contributed by atoms with van der Waals surface area (Å²) in [5.74, 6) is -0.232. The first-order chi connectivity index (χ1) is 21.2. The maximum atomic E-state index is 14.4. The Hall–Kier alpha value is -4.11. The Balaban J connectivity index is 1.74. The number of nitrogens with zero attached hydrogens (tertiary/aromatic N) is 4. The molecule has 0 aliphatic carbocycles. The van der Waals surface area contributed by atoms with Crippen molar-refractivity contribution in [3.8, 4) is 5.69 Å². The van der Waals surface area contributed by atoms with Crippen LogP contribution in [0, 0.1) is 6.92 Å². The first-order valence-corrected chi connectivity index (χ1v) is 15.9. The topological polar surface area (TPSA) is 103 Å². The number of carbonyl (C=O) groups is 2. The van der Waals surface area contributed by atoms with E-state index < -0.39 is 0 Å². The van der Waals surface area contributed by atoms with Gasteiger partial charge in [-0.2, -0.15) is 5.10 Å². The van der Waals surface area contributed by atoms with Crippen LogP contribution in [0.4, 0.5) is 10.5 Å². The van der Waals surface area contributed by atoms with Gasteiger partial charge in [0.1, 0.15) is 5.69 Å². The fourth-order valence-electron chi connectivity index (χ4n) is 5.64. The zero-order chi connectivity index (χ0) is 31.8. The van der Waals surface area contributed by atoms with Crippen molar-refractivity contribution in [1.29, 1.82) is 0 Å². The van der Waals surface area contributed by atoms with Crippen LogP contribution in [-0.4, -0.2) is 68.4 Å². The van der Waals surface area contributed by atoms with Crippen molar-refractivity contribution >= 4 is 23.3 Å². The van der Waals surface area contributed by atoms with Gasteiger partial charge in [-0.25, -0.2) is 9.48 Å². The number of urea groups is 1. The molecular formula is C35H48N6O3. The van der Waals surface area contributed by atoms with Gasteiger partial charge in [0, 0.05) is 37.1 Å². The molecule has 2 heterocycles. The molecule has 1 aromatic heterocycles. The Morgan fingerprint density at radius 3 is 2.39 bits per heavy atom. The van der Waals surface area contributed by atoms with Crippen molar-refractivity contribution in [2.75, 3.05) is 25.0 Å². The van der Waals surface area contributed by atoms with Gasteiger partial charge < -0.3 is 25.5 Å². The second-order valence-electron chi connectivity index (χ2n) is 12.0. The van der Waals surface area contributed by atoms with E-state index in [9.17, 15) is 14.7 Å². The third-order valence-electron chi connectivity index (χ3n) is 8.09. The average molecular weight is 601 g/mol. The predicted octanol–water partition coefficient (Wildman–Crippen LogP) is 6.14. The van der Waals surface area contributed by atoms with Crippen LogP contribution in [0.5, 0.6) is 0 Å². The van der Waals surface area contributed by atoms with Crippen molar-refractivity contribution in [3.05, 3.63) is 83.2 Å². The standard InChI is InChI=1S/C35H48N6O3/c1-7-9-17-39(18-10-8-2)26(6)32-19-25(5)41(38-32)33-16-15-29(37-35(44)36-24(3)4)21-31(33)34(43)40-22-28-14-12-11-13-27(28)20-30(40)23-42/h11-16,19,21,24,30,42H,6-10,17-18,20,22-23H2,1-5H3,(H2,36,37,44). The summed E-state index contributed by atoms with van der Waals surface area (Å²) < 4.78 is 1.79. The number of aliphatic hydroxyl groups excluding tert-OH is 1. The summed E-state index contributed by atoms with van der Waals surface area (Å²) in [5, 5.41) is 21.0. The highest BCUT2D eigenvalue weighted by Crippen LogP contribution is 2.29. The third-order valence-corrected chi connectivity index (χ3v) is 8.09. The minimum atomic E-state index is -0.370. The van der Waals surface area contributed by atoms with Crippen LogP contribution in [0.15, 0.2) is 55.1 Å². The monoisotopic (exact) mass is 600 g/mol. The van der Waals surface area contributed by atoms with Gasteiger partial charge in [-0.15, -0.1) is 0 Å². The van der Waals surface area contributed by atoms with E-state index in [1.165, 1.54) is 0 Å². The van der Waals surface area contributed by atoms with E-state index in [1.54, 1.807) is 21.7 Å². The fraction of sp³-hybridized carbons (Fsp3) is 0.457. The second kappa shape index (κ2) is 15.1. The minimum Gasteiger partial charge on any atom is -0.394 e. The molecule has 1 unspecified atom stereocenters. The van der Waals surface area contributed by atoms with Gasteiger partial charge in [0.2, 0.25) is 0 Å². The van der Waals surface area contributed by atoms with E-state index in [-0.39, 0.29) is 30.6 Å². The quantitative estimate of drug-likeness (QED) is 0.219. The van der Waals surface area contributed by atoms with Crippen LogP contribution in [0.2, 0.25) is 0 Å². The number of amides is 3. The Morgan fingerprint density at radius 2 is 1.75 bits per heavy atom. The summed E-state index contributed by atoms with van der Waals surface area (Å²) >= 11 is 0. The number of aliphatic hydroxyl groups is 1. The van der Waals surface area contributed by atoms with Crippen LogP contribution < -0.4 is 10.6 Å². The first-order valence-electron chi connectivity index (χ1n) is 15.9. The Bertz CT molecular complexity index is 1450. The number of nitrogens with one attached hydrogen (secondary N) is 2. The van der Waals surface area contributed by atoms with Crippen LogP contribution in [0.25, 0.3) is 11.4 Å². The summed E-state index contributed by atoms with van der Waals surface area (Å²) in [7, 11) is 0. The lowest BCUT2D eigenvalue weighted by molar-refractivity contribution is 0.0544. The summed E-state index contributed by atoms with van der Waals surface area (Å²) in [4.78, 5) is 31.0. The molecule has 9 heteroatoms. The molecule has 1 atom stereocenters. The zero-order valence-electron chi connectivity index (χ0n) is 26.9. The van der Waals surface area contributed by atoms with Crippen molar-refractivity contribution in [2.24, 2.45) is 0 Å². The Labute approximate surface area is 261 Å². The number of hydrogen-bond donors (Lipinski definition) is 3. The molecule has 1 aliphatic heterocycles. The molecule has 0 spiro atoms. The van der Waals surface area contributed by atoms with Crippen LogP contribution in [0.3, 0.4) is 0 Å². The number of fused-ring (bicyclic) bond motifs is 1. The molecule has 3 N–H and O–H groups in total. The van der Waals surface area contributed by atoms with Crippen LogP contribution in [0.1, 0.15) is 86.3 Å². The zero-order valence-corrected chi connectivity index (χ0v) is 26.9. The number of benzene rings is 2. The van der Waals surface area contributed by atoms with Gasteiger partial charge in [-0.05, 0) is 75.4 Å². The molecule has 0 saturated heterocycles. The number of unbranched alkanes of at least 4 members (excludes halogenated alkanes) is 2. The van der Waals surface area contributed by atoms with Crippen molar-refractivity contribution in [2.45, 2.75) is 85.4 Å². The second-order valence-corrected chi connectivity index (χ2v) is 12.0. The number of rotatable bonds is 13. The van der Waals surface area contributed by atoms with Gasteiger partial charge >= 0.3 is 6.03 Å².